The lowest BCUT2D eigenvalue weighted by atomic mass is 10.1. The van der Waals surface area contributed by atoms with Gasteiger partial charge in [-0.05, 0) is 24.3 Å². The van der Waals surface area contributed by atoms with Crippen LogP contribution >= 0.6 is 11.3 Å². The van der Waals surface area contributed by atoms with Gasteiger partial charge in [0.25, 0.3) is 0 Å². The molecule has 4 aromatic rings. The van der Waals surface area contributed by atoms with E-state index in [4.69, 9.17) is 0 Å². The van der Waals surface area contributed by atoms with Crippen LogP contribution in [-0.2, 0) is 4.79 Å². The van der Waals surface area contributed by atoms with Gasteiger partial charge in [-0.2, -0.15) is 5.10 Å². The summed E-state index contributed by atoms with van der Waals surface area (Å²) in [5, 5.41) is 24.0. The first-order valence-corrected chi connectivity index (χ1v) is 9.03. The number of anilines is 3. The number of fused-ring (bicyclic) bond motifs is 1. The Labute approximate surface area is 159 Å². The van der Waals surface area contributed by atoms with Gasteiger partial charge in [-0.1, -0.05) is 36.1 Å². The Morgan fingerprint density at radius 3 is 2.96 bits per heavy atom. The van der Waals surface area contributed by atoms with Gasteiger partial charge in [0.1, 0.15) is 5.01 Å². The highest BCUT2D eigenvalue weighted by Crippen LogP contribution is 2.32. The summed E-state index contributed by atoms with van der Waals surface area (Å²) >= 11 is 1.43. The fourth-order valence-corrected chi connectivity index (χ4v) is 3.56. The minimum absolute atomic E-state index is 0.113. The van der Waals surface area contributed by atoms with Gasteiger partial charge in [0.05, 0.1) is 11.7 Å². The summed E-state index contributed by atoms with van der Waals surface area (Å²) in [5.74, 6) is -0.113. The van der Waals surface area contributed by atoms with Crippen molar-refractivity contribution >= 4 is 50.7 Å². The SMILES string of the molecule is C=Cc1c(Nc2nnc(-c3cccc(NC(C)=O)c3)s2)ccc2[nH]ncc12. The summed E-state index contributed by atoms with van der Waals surface area (Å²) in [5.41, 5.74) is 4.40. The lowest BCUT2D eigenvalue weighted by molar-refractivity contribution is -0.114. The highest BCUT2D eigenvalue weighted by molar-refractivity contribution is 7.18. The van der Waals surface area contributed by atoms with Crippen LogP contribution in [0.1, 0.15) is 12.5 Å². The molecule has 0 spiro atoms. The largest absolute Gasteiger partial charge is 0.330 e. The summed E-state index contributed by atoms with van der Waals surface area (Å²) in [6, 6.07) is 11.4. The van der Waals surface area contributed by atoms with Crippen LogP contribution in [0.2, 0.25) is 0 Å². The van der Waals surface area contributed by atoms with E-state index in [1.807, 2.05) is 36.4 Å². The second-order valence-corrected chi connectivity index (χ2v) is 6.84. The summed E-state index contributed by atoms with van der Waals surface area (Å²) < 4.78 is 0. The topological polar surface area (TPSA) is 95.6 Å². The van der Waals surface area contributed by atoms with E-state index in [9.17, 15) is 4.79 Å². The highest BCUT2D eigenvalue weighted by Gasteiger charge is 2.11. The van der Waals surface area contributed by atoms with Crippen molar-refractivity contribution in [3.63, 3.8) is 0 Å². The zero-order valence-electron chi connectivity index (χ0n) is 14.5. The number of aromatic nitrogens is 4. The van der Waals surface area contributed by atoms with Crippen molar-refractivity contribution in [2.24, 2.45) is 0 Å². The van der Waals surface area contributed by atoms with Gasteiger partial charge < -0.3 is 10.6 Å². The summed E-state index contributed by atoms with van der Waals surface area (Å²) in [7, 11) is 0. The van der Waals surface area contributed by atoms with Crippen molar-refractivity contribution in [2.45, 2.75) is 6.92 Å². The minimum Gasteiger partial charge on any atom is -0.330 e. The molecule has 2 heterocycles. The molecule has 0 bridgehead atoms. The number of hydrogen-bond acceptors (Lipinski definition) is 6. The van der Waals surface area contributed by atoms with Crippen molar-refractivity contribution in [3.8, 4) is 10.6 Å². The van der Waals surface area contributed by atoms with Crippen molar-refractivity contribution < 1.29 is 4.79 Å². The van der Waals surface area contributed by atoms with E-state index in [0.29, 0.717) is 5.13 Å². The number of aromatic amines is 1. The van der Waals surface area contributed by atoms with Crippen molar-refractivity contribution in [2.75, 3.05) is 10.6 Å². The zero-order chi connectivity index (χ0) is 18.8. The Morgan fingerprint density at radius 2 is 2.15 bits per heavy atom. The lowest BCUT2D eigenvalue weighted by Crippen LogP contribution is -2.05. The Morgan fingerprint density at radius 1 is 1.26 bits per heavy atom. The predicted molar refractivity (Wildman–Crippen MR) is 109 cm³/mol. The van der Waals surface area contributed by atoms with Gasteiger partial charge in [-0.25, -0.2) is 0 Å². The van der Waals surface area contributed by atoms with E-state index in [-0.39, 0.29) is 5.91 Å². The molecule has 27 heavy (non-hydrogen) atoms. The van der Waals surface area contributed by atoms with Crippen molar-refractivity contribution in [1.29, 1.82) is 0 Å². The Hall–Kier alpha value is -3.52. The molecule has 0 radical (unpaired) electrons. The first kappa shape index (κ1) is 16.9. The standard InChI is InChI=1S/C19H16N6OS/c1-3-14-15-10-20-23-17(15)8-7-16(14)22-19-25-24-18(27-19)12-5-4-6-13(9-12)21-11(2)26/h3-10H,1H2,2H3,(H,20,23)(H,21,26)(H,22,25). The average Bonchev–Trinajstić information content (AvgIpc) is 3.30. The smallest absolute Gasteiger partial charge is 0.221 e. The Balaban J connectivity index is 1.62. The second kappa shape index (κ2) is 7.00. The third-order valence-corrected chi connectivity index (χ3v) is 4.85. The maximum atomic E-state index is 11.2. The van der Waals surface area contributed by atoms with Gasteiger partial charge in [-0.3, -0.25) is 9.89 Å². The molecule has 134 valence electrons. The maximum absolute atomic E-state index is 11.2. The van der Waals surface area contributed by atoms with Crippen LogP contribution in [-0.4, -0.2) is 26.3 Å². The molecule has 0 unspecified atom stereocenters. The predicted octanol–water partition coefficient (Wildman–Crippen LogP) is 4.43. The minimum atomic E-state index is -0.113. The number of rotatable bonds is 5. The van der Waals surface area contributed by atoms with Gasteiger partial charge in [0, 0.05) is 34.8 Å². The van der Waals surface area contributed by atoms with Gasteiger partial charge in [0.2, 0.25) is 11.0 Å². The molecule has 1 amide bonds. The molecule has 2 aromatic carbocycles. The number of carbonyl (C=O) groups excluding carboxylic acids is 1. The molecule has 0 aliphatic carbocycles. The lowest BCUT2D eigenvalue weighted by Gasteiger charge is -2.07. The number of nitrogens with zero attached hydrogens (tertiary/aromatic N) is 3. The van der Waals surface area contributed by atoms with Crippen LogP contribution < -0.4 is 10.6 Å². The summed E-state index contributed by atoms with van der Waals surface area (Å²) in [4.78, 5) is 11.2. The fraction of sp³-hybridized carbons (Fsp3) is 0.0526. The summed E-state index contributed by atoms with van der Waals surface area (Å²) in [6.07, 6.45) is 3.57. The number of benzene rings is 2. The van der Waals surface area contributed by atoms with E-state index in [1.54, 1.807) is 12.3 Å². The van der Waals surface area contributed by atoms with Crippen molar-refractivity contribution in [1.82, 2.24) is 20.4 Å². The monoisotopic (exact) mass is 376 g/mol. The molecule has 8 heteroatoms. The number of amides is 1. The number of carbonyl (C=O) groups is 1. The van der Waals surface area contributed by atoms with Crippen LogP contribution in [0.4, 0.5) is 16.5 Å². The van der Waals surface area contributed by atoms with Crippen LogP contribution in [0.3, 0.4) is 0 Å². The molecule has 0 aliphatic rings. The van der Waals surface area contributed by atoms with Crippen LogP contribution in [0.15, 0.2) is 49.2 Å². The van der Waals surface area contributed by atoms with E-state index in [2.05, 4.69) is 37.6 Å². The molecule has 0 fully saturated rings. The highest BCUT2D eigenvalue weighted by atomic mass is 32.1. The van der Waals surface area contributed by atoms with E-state index in [1.165, 1.54) is 18.3 Å². The Bertz CT molecular complexity index is 1150. The quantitative estimate of drug-likeness (QED) is 0.479. The van der Waals surface area contributed by atoms with E-state index < -0.39 is 0 Å². The molecular weight excluding hydrogens is 360 g/mol. The van der Waals surface area contributed by atoms with Crippen LogP contribution in [0.25, 0.3) is 27.6 Å². The molecule has 0 aliphatic heterocycles. The molecule has 0 saturated heterocycles. The average molecular weight is 376 g/mol. The van der Waals surface area contributed by atoms with Crippen molar-refractivity contribution in [3.05, 3.63) is 54.7 Å². The summed E-state index contributed by atoms with van der Waals surface area (Å²) in [6.45, 7) is 5.38. The molecule has 3 N–H and O–H groups in total. The van der Waals surface area contributed by atoms with Crippen LogP contribution in [0, 0.1) is 0 Å². The van der Waals surface area contributed by atoms with Gasteiger partial charge in [0.15, 0.2) is 0 Å². The maximum Gasteiger partial charge on any atom is 0.221 e. The van der Waals surface area contributed by atoms with Gasteiger partial charge >= 0.3 is 0 Å². The molecule has 7 nitrogen and oxygen atoms in total. The van der Waals surface area contributed by atoms with Crippen LogP contribution in [0.5, 0.6) is 0 Å². The number of H-pyrrole nitrogens is 1. The van der Waals surface area contributed by atoms with E-state index in [0.717, 1.165) is 38.4 Å². The normalized spacial score (nSPS) is 10.7. The Kier molecular flexibility index (Phi) is 4.39. The zero-order valence-corrected chi connectivity index (χ0v) is 15.3. The third kappa shape index (κ3) is 3.42. The fourth-order valence-electron chi connectivity index (χ4n) is 2.81. The molecule has 0 saturated carbocycles. The number of nitrogens with one attached hydrogen (secondary N) is 3. The van der Waals surface area contributed by atoms with Gasteiger partial charge in [-0.15, -0.1) is 10.2 Å². The molecular formula is C19H16N6OS. The number of hydrogen-bond donors (Lipinski definition) is 3. The molecule has 0 atom stereocenters. The third-order valence-electron chi connectivity index (χ3n) is 3.97. The molecule has 2 aromatic heterocycles. The van der Waals surface area contributed by atoms with E-state index >= 15 is 0 Å². The second-order valence-electron chi connectivity index (χ2n) is 5.86. The molecule has 4 rings (SSSR count). The first-order chi connectivity index (χ1) is 13.1. The first-order valence-electron chi connectivity index (χ1n) is 8.21.